The molecule has 1 aromatic rings. The molecule has 20 heavy (non-hydrogen) atoms. The van der Waals surface area contributed by atoms with Gasteiger partial charge in [0.05, 0.1) is 11.3 Å². The topological polar surface area (TPSA) is 113 Å². The Hall–Kier alpha value is -2.41. The molecule has 2 rings (SSSR count). The summed E-state index contributed by atoms with van der Waals surface area (Å²) in [5.41, 5.74) is 4.18. The van der Waals surface area contributed by atoms with Crippen molar-refractivity contribution in [1.82, 2.24) is 10.6 Å². The van der Waals surface area contributed by atoms with Gasteiger partial charge in [0.15, 0.2) is 0 Å². The SMILES string of the molecule is Cc1ccc(NN)c(C(=O)NC2CCC(=O)NC2=O)c1. The number of anilines is 1. The van der Waals surface area contributed by atoms with Crippen LogP contribution in [0.4, 0.5) is 5.69 Å². The van der Waals surface area contributed by atoms with Crippen LogP contribution in [0.5, 0.6) is 0 Å². The van der Waals surface area contributed by atoms with Crippen LogP contribution in [0.15, 0.2) is 18.2 Å². The van der Waals surface area contributed by atoms with Crippen molar-refractivity contribution < 1.29 is 14.4 Å². The van der Waals surface area contributed by atoms with Crippen molar-refractivity contribution in [3.63, 3.8) is 0 Å². The number of nitrogens with two attached hydrogens (primary N) is 1. The first-order valence-electron chi connectivity index (χ1n) is 6.23. The van der Waals surface area contributed by atoms with E-state index in [4.69, 9.17) is 5.84 Å². The van der Waals surface area contributed by atoms with Crippen molar-refractivity contribution in [2.75, 3.05) is 5.43 Å². The average Bonchev–Trinajstić information content (AvgIpc) is 2.41. The van der Waals surface area contributed by atoms with Crippen LogP contribution in [0.3, 0.4) is 0 Å². The number of rotatable bonds is 3. The van der Waals surface area contributed by atoms with Gasteiger partial charge in [-0.3, -0.25) is 25.5 Å². The lowest BCUT2D eigenvalue weighted by Crippen LogP contribution is -2.52. The van der Waals surface area contributed by atoms with Crippen LogP contribution >= 0.6 is 0 Å². The Bertz CT molecular complexity index is 571. The Kier molecular flexibility index (Phi) is 3.99. The van der Waals surface area contributed by atoms with E-state index in [0.29, 0.717) is 17.7 Å². The largest absolute Gasteiger partial charge is 0.340 e. The van der Waals surface area contributed by atoms with Gasteiger partial charge in [0.2, 0.25) is 11.8 Å². The Morgan fingerprint density at radius 3 is 2.80 bits per heavy atom. The Labute approximate surface area is 115 Å². The molecular weight excluding hydrogens is 260 g/mol. The van der Waals surface area contributed by atoms with Gasteiger partial charge in [0.25, 0.3) is 5.91 Å². The standard InChI is InChI=1S/C13H16N4O3/c1-7-2-3-9(17-14)8(6-7)12(19)15-10-4-5-11(18)16-13(10)20/h2-3,6,10,17H,4-5,14H2,1H3,(H,15,19)(H,16,18,20). The molecule has 7 nitrogen and oxygen atoms in total. The molecule has 1 heterocycles. The lowest BCUT2D eigenvalue weighted by atomic mass is 10.0. The van der Waals surface area contributed by atoms with Crippen molar-refractivity contribution in [3.05, 3.63) is 29.3 Å². The van der Waals surface area contributed by atoms with Crippen molar-refractivity contribution in [3.8, 4) is 0 Å². The zero-order valence-corrected chi connectivity index (χ0v) is 11.0. The van der Waals surface area contributed by atoms with E-state index >= 15 is 0 Å². The molecule has 0 aromatic heterocycles. The van der Waals surface area contributed by atoms with E-state index < -0.39 is 17.9 Å². The molecule has 1 aromatic carbocycles. The highest BCUT2D eigenvalue weighted by atomic mass is 16.2. The second-order valence-electron chi connectivity index (χ2n) is 4.67. The molecule has 1 fully saturated rings. The number of carbonyl (C=O) groups excluding carboxylic acids is 3. The molecule has 3 amide bonds. The van der Waals surface area contributed by atoms with E-state index in [1.54, 1.807) is 12.1 Å². The first-order chi connectivity index (χ1) is 9.51. The molecule has 1 unspecified atom stereocenters. The smallest absolute Gasteiger partial charge is 0.254 e. The number of nitrogens with one attached hydrogen (secondary N) is 3. The number of benzene rings is 1. The Morgan fingerprint density at radius 2 is 2.15 bits per heavy atom. The highest BCUT2D eigenvalue weighted by Crippen LogP contribution is 2.17. The van der Waals surface area contributed by atoms with Gasteiger partial charge in [-0.05, 0) is 25.5 Å². The summed E-state index contributed by atoms with van der Waals surface area (Å²) < 4.78 is 0. The monoisotopic (exact) mass is 276 g/mol. The van der Waals surface area contributed by atoms with Gasteiger partial charge < -0.3 is 10.7 Å². The summed E-state index contributed by atoms with van der Waals surface area (Å²) in [4.78, 5) is 34.9. The minimum atomic E-state index is -0.702. The quantitative estimate of drug-likeness (QED) is 0.347. The molecule has 1 atom stereocenters. The highest BCUT2D eigenvalue weighted by Gasteiger charge is 2.28. The number of piperidine rings is 1. The third kappa shape index (κ3) is 2.94. The average molecular weight is 276 g/mol. The molecule has 7 heteroatoms. The number of hydrogen-bond donors (Lipinski definition) is 4. The van der Waals surface area contributed by atoms with Gasteiger partial charge >= 0.3 is 0 Å². The van der Waals surface area contributed by atoms with E-state index in [1.165, 1.54) is 0 Å². The predicted molar refractivity (Wildman–Crippen MR) is 72.6 cm³/mol. The van der Waals surface area contributed by atoms with Gasteiger partial charge in [-0.1, -0.05) is 11.6 Å². The van der Waals surface area contributed by atoms with Crippen LogP contribution in [0, 0.1) is 6.92 Å². The Morgan fingerprint density at radius 1 is 1.40 bits per heavy atom. The van der Waals surface area contributed by atoms with Crippen LogP contribution in [0.1, 0.15) is 28.8 Å². The summed E-state index contributed by atoms with van der Waals surface area (Å²) in [7, 11) is 0. The summed E-state index contributed by atoms with van der Waals surface area (Å²) in [5.74, 6) is 4.16. The fraction of sp³-hybridized carbons (Fsp3) is 0.308. The minimum Gasteiger partial charge on any atom is -0.340 e. The molecular formula is C13H16N4O3. The van der Waals surface area contributed by atoms with Crippen LogP contribution in [-0.2, 0) is 9.59 Å². The lowest BCUT2D eigenvalue weighted by molar-refractivity contribution is -0.134. The zero-order chi connectivity index (χ0) is 14.7. The Balaban J connectivity index is 2.14. The minimum absolute atomic E-state index is 0.215. The van der Waals surface area contributed by atoms with Gasteiger partial charge in [-0.15, -0.1) is 0 Å². The van der Waals surface area contributed by atoms with Crippen molar-refractivity contribution in [2.45, 2.75) is 25.8 Å². The second-order valence-corrected chi connectivity index (χ2v) is 4.67. The first kappa shape index (κ1) is 14.0. The maximum atomic E-state index is 12.2. The molecule has 0 spiro atoms. The fourth-order valence-electron chi connectivity index (χ4n) is 2.04. The second kappa shape index (κ2) is 5.70. The third-order valence-electron chi connectivity index (χ3n) is 3.12. The number of nitrogen functional groups attached to an aromatic ring is 1. The summed E-state index contributed by atoms with van der Waals surface area (Å²) in [6.45, 7) is 1.85. The van der Waals surface area contributed by atoms with E-state index in [-0.39, 0.29) is 12.3 Å². The summed E-state index contributed by atoms with van der Waals surface area (Å²) in [6.07, 6.45) is 0.514. The van der Waals surface area contributed by atoms with Crippen LogP contribution < -0.4 is 21.9 Å². The zero-order valence-electron chi connectivity index (χ0n) is 11.0. The molecule has 1 aliphatic heterocycles. The number of hydrogen-bond acceptors (Lipinski definition) is 5. The number of amides is 3. The van der Waals surface area contributed by atoms with E-state index in [0.717, 1.165) is 5.56 Å². The van der Waals surface area contributed by atoms with Crippen molar-refractivity contribution in [2.24, 2.45) is 5.84 Å². The molecule has 106 valence electrons. The van der Waals surface area contributed by atoms with Gasteiger partial charge in [0.1, 0.15) is 6.04 Å². The normalized spacial score (nSPS) is 18.4. The summed E-state index contributed by atoms with van der Waals surface area (Å²) >= 11 is 0. The molecule has 0 bridgehead atoms. The molecule has 0 aliphatic carbocycles. The number of imide groups is 1. The van der Waals surface area contributed by atoms with Gasteiger partial charge in [0, 0.05) is 6.42 Å². The van der Waals surface area contributed by atoms with Crippen molar-refractivity contribution in [1.29, 1.82) is 0 Å². The molecule has 0 radical (unpaired) electrons. The van der Waals surface area contributed by atoms with E-state index in [1.807, 2.05) is 13.0 Å². The van der Waals surface area contributed by atoms with Crippen LogP contribution in [0.2, 0.25) is 0 Å². The van der Waals surface area contributed by atoms with Crippen LogP contribution in [0.25, 0.3) is 0 Å². The third-order valence-corrected chi connectivity index (χ3v) is 3.12. The van der Waals surface area contributed by atoms with E-state index in [2.05, 4.69) is 16.1 Å². The van der Waals surface area contributed by atoms with Gasteiger partial charge in [-0.2, -0.15) is 0 Å². The summed E-state index contributed by atoms with van der Waals surface area (Å²) in [5, 5.41) is 4.80. The first-order valence-corrected chi connectivity index (χ1v) is 6.23. The number of aryl methyl sites for hydroxylation is 1. The molecule has 1 saturated heterocycles. The maximum Gasteiger partial charge on any atom is 0.254 e. The summed E-state index contributed by atoms with van der Waals surface area (Å²) in [6, 6.07) is 4.48. The molecule has 5 N–H and O–H groups in total. The highest BCUT2D eigenvalue weighted by molar-refractivity contribution is 6.05. The number of hydrazine groups is 1. The maximum absolute atomic E-state index is 12.2. The van der Waals surface area contributed by atoms with Crippen molar-refractivity contribution >= 4 is 23.4 Å². The number of carbonyl (C=O) groups is 3. The predicted octanol–water partition coefficient (Wildman–Crippen LogP) is -0.184. The van der Waals surface area contributed by atoms with E-state index in [9.17, 15) is 14.4 Å². The fourth-order valence-corrected chi connectivity index (χ4v) is 2.04. The molecule has 1 aliphatic rings. The molecule has 0 saturated carbocycles. The van der Waals surface area contributed by atoms with Crippen LogP contribution in [-0.4, -0.2) is 23.8 Å². The van der Waals surface area contributed by atoms with Gasteiger partial charge in [-0.25, -0.2) is 0 Å². The lowest BCUT2D eigenvalue weighted by Gasteiger charge is -2.22.